The molecule has 0 unspecified atom stereocenters. The van der Waals surface area contributed by atoms with E-state index in [0.29, 0.717) is 102 Å². The van der Waals surface area contributed by atoms with Crippen LogP contribution in [-0.2, 0) is 72.2 Å². The van der Waals surface area contributed by atoms with Crippen molar-refractivity contribution < 1.29 is 52.6 Å². The topological polar surface area (TPSA) is 381 Å². The van der Waals surface area contributed by atoms with Crippen molar-refractivity contribution in [2.24, 2.45) is 0 Å². The number of ether oxygens (including phenoxy) is 3. The molecule has 37 heteroatoms. The fourth-order valence-corrected chi connectivity index (χ4v) is 20.0. The maximum Gasteiger partial charge on any atom is 0.242 e. The number of nitrogens with one attached hydrogen (secondary N) is 5. The number of fused-ring (bicyclic) bond motifs is 6. The molecule has 5 N–H and O–H groups in total. The van der Waals surface area contributed by atoms with Gasteiger partial charge in [-0.1, -0.05) is 54.6 Å². The van der Waals surface area contributed by atoms with Gasteiger partial charge in [-0.3, -0.25) is 68.4 Å². The van der Waals surface area contributed by atoms with Gasteiger partial charge >= 0.3 is 0 Å². The van der Waals surface area contributed by atoms with Crippen LogP contribution in [0.15, 0.2) is 127 Å². The maximum absolute atomic E-state index is 12.7. The van der Waals surface area contributed by atoms with Gasteiger partial charge < -0.3 is 54.2 Å². The van der Waals surface area contributed by atoms with Crippen LogP contribution in [-0.4, -0.2) is 307 Å². The first kappa shape index (κ1) is 90.3. The molecule has 18 rings (SSSR count). The van der Waals surface area contributed by atoms with E-state index in [4.69, 9.17) is 44.1 Å². The molecule has 12 aromatic rings. The molecule has 6 aliphatic heterocycles. The Morgan fingerprint density at radius 2 is 0.760 bits per heavy atom. The van der Waals surface area contributed by atoms with Crippen molar-refractivity contribution in [1.82, 2.24) is 101 Å². The lowest BCUT2D eigenvalue weighted by atomic mass is 10.1. The summed E-state index contributed by atoms with van der Waals surface area (Å²) in [6.45, 7) is 30.0. The van der Waals surface area contributed by atoms with Crippen LogP contribution >= 0.6 is 34.0 Å². The number of allylic oxidation sites excluding steroid dienone is 5. The van der Waals surface area contributed by atoms with Gasteiger partial charge in [-0.25, -0.2) is 29.9 Å². The van der Waals surface area contributed by atoms with Crippen LogP contribution in [0.1, 0.15) is 80.9 Å². The highest BCUT2D eigenvalue weighted by atomic mass is 32.1. The summed E-state index contributed by atoms with van der Waals surface area (Å²) >= 11 is 5.20. The number of morpholine rings is 3. The summed E-state index contributed by atoms with van der Waals surface area (Å²) in [6, 6.07) is 24.6. The Bertz CT molecular complexity index is 6140. The number of aromatic amines is 3. The zero-order valence-electron chi connectivity index (χ0n) is 73.1. The molecule has 0 saturated carbocycles. The Labute approximate surface area is 757 Å². The van der Waals surface area contributed by atoms with E-state index in [1.54, 1.807) is 69.8 Å². The Morgan fingerprint density at radius 3 is 1.10 bits per heavy atom. The predicted octanol–water partition coefficient (Wildman–Crippen LogP) is 9.54. The van der Waals surface area contributed by atoms with E-state index in [1.165, 1.54) is 20.7 Å². The number of carbonyl (C=O) groups is 8. The number of anilines is 3. The van der Waals surface area contributed by atoms with Crippen molar-refractivity contribution in [1.29, 1.82) is 0 Å². The third kappa shape index (κ3) is 22.6. The third-order valence-corrected chi connectivity index (χ3v) is 26.9. The second-order valence-electron chi connectivity index (χ2n) is 33.0. The normalized spacial score (nSPS) is 16.2. The minimum atomic E-state index is -0.305. The Balaban J connectivity index is 0.000000142. The quantitative estimate of drug-likeness (QED) is 0.0285. The number of aromatic nitrogens is 12. The third-order valence-electron chi connectivity index (χ3n) is 23.6. The van der Waals surface area contributed by atoms with Crippen molar-refractivity contribution in [3.8, 4) is 34.2 Å². The highest BCUT2D eigenvalue weighted by Crippen LogP contribution is 2.41. The van der Waals surface area contributed by atoms with Gasteiger partial charge in [0.2, 0.25) is 29.5 Å². The molecule has 0 radical (unpaired) electrons. The zero-order chi connectivity index (χ0) is 89.4. The molecule has 674 valence electrons. The molecule has 0 atom stereocenters. The summed E-state index contributed by atoms with van der Waals surface area (Å²) < 4.78 is 20.1. The molecular formula is C92H107N23O11S3. The van der Waals surface area contributed by atoms with Crippen LogP contribution in [0.3, 0.4) is 0 Å². The highest BCUT2D eigenvalue weighted by molar-refractivity contribution is 7.20. The molecule has 129 heavy (non-hydrogen) atoms. The maximum atomic E-state index is 12.7. The molecule has 0 aliphatic carbocycles. The summed E-state index contributed by atoms with van der Waals surface area (Å²) in [7, 11) is 0. The summed E-state index contributed by atoms with van der Waals surface area (Å²) in [5, 5.41) is 30.0. The molecule has 6 aliphatic rings. The number of nitrogens with zero attached hydrogens (tertiary/aromatic N) is 18. The van der Waals surface area contributed by atoms with Crippen molar-refractivity contribution >= 4 is 162 Å². The predicted molar refractivity (Wildman–Crippen MR) is 500 cm³/mol. The fraction of sp³-hybridized carbons (Fsp3) is 0.424. The van der Waals surface area contributed by atoms with Crippen LogP contribution in [0.25, 0.3) is 97.5 Å². The van der Waals surface area contributed by atoms with Gasteiger partial charge in [0.15, 0.2) is 52.3 Å². The van der Waals surface area contributed by atoms with Gasteiger partial charge in [0.1, 0.15) is 0 Å². The molecule has 0 spiro atoms. The van der Waals surface area contributed by atoms with E-state index in [1.807, 2.05) is 91.9 Å². The molecule has 34 nitrogen and oxygen atoms in total. The number of hydrogen-bond acceptors (Lipinski definition) is 29. The van der Waals surface area contributed by atoms with E-state index in [9.17, 15) is 38.4 Å². The largest absolute Gasteiger partial charge is 0.378 e. The standard InChI is InChI=1S/2C31H36N8O4S.C30H35N7O3S/c1-20(2)26(40)6-7-27(41)32-18-28(42)38-10-8-37(9-11-38)19-21-16-25-29(44-21)31(39-12-14-43-15-13-39)35-30(34-25)22-4-3-5-24-23(22)17-33-36-24;1-2-4-21(40)7-8-27(41)32-19-28(42)38-11-9-37(10-12-38)20-22-17-26-29(44-22)31(39-13-15-43-16-14-39)35-30(34-26)23-5-3-6-25-24(23)18-33-36-25;1-20(2)16-21(38)6-7-27(39)36-10-8-35(9-11-36)19-22-17-26-28(41-22)30(37-12-14-40-15-13-37)33-29(32-26)23-4-3-5-25-24(23)18-31-34-25/h3-5,16-17H,1,6-15,18-19H2,2H3,(H,32,41)(H,33,36);2-6,17-18H,7-16,19-20H2,1H3,(H,32,41)(H,33,36);3-5,16-18H,6-15,19H2,1-2H3,(H,31,34)/b;4-2+;. The average molecular weight is 1810 g/mol. The Morgan fingerprint density at radius 1 is 0.419 bits per heavy atom. The van der Waals surface area contributed by atoms with Crippen LogP contribution in [0.5, 0.6) is 0 Å². The molecule has 9 aromatic heterocycles. The lowest BCUT2D eigenvalue weighted by Crippen LogP contribution is -2.50. The molecule has 15 heterocycles. The monoisotopic (exact) mass is 1810 g/mol. The highest BCUT2D eigenvalue weighted by Gasteiger charge is 2.31. The summed E-state index contributed by atoms with van der Waals surface area (Å²) in [5.74, 6) is 3.92. The van der Waals surface area contributed by atoms with Gasteiger partial charge in [0.25, 0.3) is 0 Å². The number of Topliss-reactive ketones (excluding diaryl/α,β-unsaturated/α-hetero) is 1. The Hall–Kier alpha value is -12.1. The number of carbonyl (C=O) groups excluding carboxylic acids is 8. The smallest absolute Gasteiger partial charge is 0.242 e. The number of benzene rings is 3. The van der Waals surface area contributed by atoms with E-state index < -0.39 is 0 Å². The minimum absolute atomic E-state index is 0.0194. The first-order valence-electron chi connectivity index (χ1n) is 44.0. The SMILES string of the molecule is C/C=C/C(=O)CCC(=O)NCC(=O)N1CCN(Cc2cc3nc(-c4cccc5[nH]ncc45)nc(N4CCOCC4)c3s2)CC1.C=C(C)C(=O)CCC(=O)NCC(=O)N1CCN(Cc2cc3nc(-c4cccc5[nH]ncc45)nc(N4CCOCC4)c3s2)CC1.CC(C)=CC(=O)CCC(=O)N1CCN(Cc2cc3nc(-c4cccc5[nH]ncc45)nc(N4CCOCC4)c3s2)CC1. The number of amides is 5. The van der Waals surface area contributed by atoms with Crippen molar-refractivity contribution in [2.45, 2.75) is 85.9 Å². The number of rotatable bonds is 28. The number of hydrogen-bond donors (Lipinski definition) is 5. The van der Waals surface area contributed by atoms with Crippen LogP contribution in [0.4, 0.5) is 17.5 Å². The van der Waals surface area contributed by atoms with Crippen LogP contribution in [0, 0.1) is 0 Å². The Kier molecular flexibility index (Phi) is 29.7. The lowest BCUT2D eigenvalue weighted by molar-refractivity contribution is -0.134. The van der Waals surface area contributed by atoms with Crippen LogP contribution in [0.2, 0.25) is 0 Å². The van der Waals surface area contributed by atoms with E-state index in [-0.39, 0.29) is 98.5 Å². The number of piperazine rings is 3. The van der Waals surface area contributed by atoms with Crippen molar-refractivity contribution in [3.05, 3.63) is 142 Å². The molecular weight excluding hydrogens is 1700 g/mol. The minimum Gasteiger partial charge on any atom is -0.378 e. The second kappa shape index (κ2) is 42.4. The summed E-state index contributed by atoms with van der Waals surface area (Å²) in [4.78, 5) is 151. The van der Waals surface area contributed by atoms with Crippen molar-refractivity contribution in [3.63, 3.8) is 0 Å². The molecule has 0 bridgehead atoms. The first-order valence-corrected chi connectivity index (χ1v) is 46.5. The summed E-state index contributed by atoms with van der Waals surface area (Å²) in [5.41, 5.74) is 9.89. The number of ketones is 3. The molecule has 6 saturated heterocycles. The number of H-pyrrole nitrogens is 3. The fourth-order valence-electron chi connectivity index (χ4n) is 16.6. The lowest BCUT2D eigenvalue weighted by Gasteiger charge is -2.34. The van der Waals surface area contributed by atoms with E-state index in [2.05, 4.69) is 95.4 Å². The molecule has 6 fully saturated rings. The molecule has 3 aromatic carbocycles. The van der Waals surface area contributed by atoms with Gasteiger partial charge in [0, 0.05) is 223 Å². The second-order valence-corrected chi connectivity index (χ2v) is 36.4. The van der Waals surface area contributed by atoms with Gasteiger partial charge in [-0.2, -0.15) is 15.3 Å². The van der Waals surface area contributed by atoms with Gasteiger partial charge in [-0.15, -0.1) is 34.0 Å². The molecule has 5 amide bonds. The van der Waals surface area contributed by atoms with E-state index >= 15 is 0 Å². The van der Waals surface area contributed by atoms with E-state index in [0.717, 1.165) is 201 Å². The van der Waals surface area contributed by atoms with Gasteiger partial charge in [0.05, 0.1) is 119 Å². The van der Waals surface area contributed by atoms with Gasteiger partial charge in [-0.05, 0) is 81.8 Å². The zero-order valence-corrected chi connectivity index (χ0v) is 75.6. The average Bonchev–Trinajstić information content (AvgIpc) is 1.64. The van der Waals surface area contributed by atoms with Crippen LogP contribution < -0.4 is 25.3 Å². The first-order chi connectivity index (χ1) is 62.8. The van der Waals surface area contributed by atoms with Crippen molar-refractivity contribution in [2.75, 3.05) is 185 Å². The number of thiophene rings is 3. The summed E-state index contributed by atoms with van der Waals surface area (Å²) in [6.07, 6.45) is 11.1.